The average molecular weight is 480 g/mol. The Kier molecular flexibility index (Phi) is 9.52. The molecular formula is C27H33N3O5. The van der Waals surface area contributed by atoms with Gasteiger partial charge in [-0.1, -0.05) is 50.2 Å². The first-order valence-corrected chi connectivity index (χ1v) is 12.1. The number of benzene rings is 1. The second kappa shape index (κ2) is 12.8. The fourth-order valence-corrected chi connectivity index (χ4v) is 4.17. The van der Waals surface area contributed by atoms with Gasteiger partial charge in [0.15, 0.2) is 5.78 Å². The first kappa shape index (κ1) is 26.1. The number of nitrogens with zero attached hydrogens (tertiary/aromatic N) is 1. The van der Waals surface area contributed by atoms with Gasteiger partial charge in [0.25, 0.3) is 5.91 Å². The van der Waals surface area contributed by atoms with Gasteiger partial charge in [-0.3, -0.25) is 19.4 Å². The highest BCUT2D eigenvalue weighted by Gasteiger charge is 2.32. The van der Waals surface area contributed by atoms with Gasteiger partial charge < -0.3 is 15.4 Å². The van der Waals surface area contributed by atoms with Crippen LogP contribution >= 0.6 is 0 Å². The molecule has 2 heterocycles. The van der Waals surface area contributed by atoms with Gasteiger partial charge in [-0.05, 0) is 48.3 Å². The van der Waals surface area contributed by atoms with Crippen LogP contribution in [0.15, 0.2) is 48.8 Å². The number of hydrogen-bond acceptors (Lipinski definition) is 6. The molecule has 1 aromatic carbocycles. The van der Waals surface area contributed by atoms with Crippen LogP contribution in [0.1, 0.15) is 49.8 Å². The van der Waals surface area contributed by atoms with Gasteiger partial charge in [0.05, 0.1) is 6.04 Å². The van der Waals surface area contributed by atoms with E-state index in [1.54, 1.807) is 12.4 Å². The predicted molar refractivity (Wildman–Crippen MR) is 130 cm³/mol. The number of alkyl carbamates (subject to hydrolysis) is 1. The van der Waals surface area contributed by atoms with Gasteiger partial charge >= 0.3 is 6.09 Å². The van der Waals surface area contributed by atoms with Crippen molar-refractivity contribution in [2.75, 3.05) is 6.54 Å². The largest absolute Gasteiger partial charge is 0.445 e. The lowest BCUT2D eigenvalue weighted by molar-refractivity contribution is -0.141. The number of amides is 2. The molecule has 0 saturated carbocycles. The highest BCUT2D eigenvalue weighted by molar-refractivity contribution is 6.37. The SMILES string of the molecule is CC(C)C(NC(=O)OCc1ccccc1)C(=O)CC1CCCc2cncc(c2)CCNC(=O)C1=O. The summed E-state index contributed by atoms with van der Waals surface area (Å²) in [5, 5.41) is 5.31. The molecule has 0 fully saturated rings. The smallest absolute Gasteiger partial charge is 0.408 e. The number of ketones is 2. The van der Waals surface area contributed by atoms with Crippen LogP contribution in [0.4, 0.5) is 4.79 Å². The number of carbonyl (C=O) groups excluding carboxylic acids is 4. The average Bonchev–Trinajstić information content (AvgIpc) is 2.85. The third kappa shape index (κ3) is 8.02. The van der Waals surface area contributed by atoms with Crippen molar-refractivity contribution in [2.45, 2.75) is 58.6 Å². The van der Waals surface area contributed by atoms with Crippen LogP contribution in [-0.2, 0) is 38.6 Å². The van der Waals surface area contributed by atoms with Crippen molar-refractivity contribution in [1.29, 1.82) is 0 Å². The van der Waals surface area contributed by atoms with Crippen LogP contribution < -0.4 is 10.6 Å². The Hall–Kier alpha value is -3.55. The van der Waals surface area contributed by atoms with Crippen molar-refractivity contribution in [2.24, 2.45) is 11.8 Å². The minimum Gasteiger partial charge on any atom is -0.445 e. The molecule has 3 rings (SSSR count). The summed E-state index contributed by atoms with van der Waals surface area (Å²) in [4.78, 5) is 55.1. The number of aromatic nitrogens is 1. The lowest BCUT2D eigenvalue weighted by atomic mass is 9.86. The minimum atomic E-state index is -0.823. The molecule has 2 bridgehead atoms. The van der Waals surface area contributed by atoms with E-state index in [1.807, 2.05) is 44.2 Å². The molecule has 8 heteroatoms. The number of fused-ring (bicyclic) bond motifs is 2. The first-order valence-electron chi connectivity index (χ1n) is 12.1. The molecule has 0 aliphatic carbocycles. The Morgan fingerprint density at radius 2 is 1.83 bits per heavy atom. The lowest BCUT2D eigenvalue weighted by Gasteiger charge is -2.23. The third-order valence-corrected chi connectivity index (χ3v) is 6.11. The van der Waals surface area contributed by atoms with Gasteiger partial charge in [-0.15, -0.1) is 0 Å². The summed E-state index contributed by atoms with van der Waals surface area (Å²) in [5.74, 6) is -2.52. The Bertz CT molecular complexity index is 1040. The number of aryl methyl sites for hydroxylation is 1. The normalized spacial score (nSPS) is 17.5. The highest BCUT2D eigenvalue weighted by atomic mass is 16.5. The first-order chi connectivity index (χ1) is 16.8. The quantitative estimate of drug-likeness (QED) is 0.590. The highest BCUT2D eigenvalue weighted by Crippen LogP contribution is 2.20. The van der Waals surface area contributed by atoms with Crippen LogP contribution in [0.2, 0.25) is 0 Å². The standard InChI is InChI=1S/C27H33N3O5/c1-18(2)24(30-27(34)35-17-19-7-4-3-5-8-19)23(31)14-22-10-6-9-20-13-21(16-28-15-20)11-12-29-26(33)25(22)32/h3-5,7-8,13,15-16,18,22,24H,6,9-12,14,17H2,1-2H3,(H,29,33)(H,30,34). The zero-order valence-electron chi connectivity index (χ0n) is 20.3. The molecule has 1 aromatic heterocycles. The van der Waals surface area contributed by atoms with E-state index >= 15 is 0 Å². The monoisotopic (exact) mass is 479 g/mol. The molecule has 35 heavy (non-hydrogen) atoms. The van der Waals surface area contributed by atoms with Crippen molar-refractivity contribution in [1.82, 2.24) is 15.6 Å². The molecule has 2 unspecified atom stereocenters. The van der Waals surface area contributed by atoms with E-state index in [4.69, 9.17) is 4.74 Å². The molecule has 2 amide bonds. The molecule has 2 atom stereocenters. The third-order valence-electron chi connectivity index (χ3n) is 6.11. The van der Waals surface area contributed by atoms with E-state index in [0.29, 0.717) is 32.2 Å². The summed E-state index contributed by atoms with van der Waals surface area (Å²) >= 11 is 0. The van der Waals surface area contributed by atoms with Crippen LogP contribution in [0.25, 0.3) is 0 Å². The van der Waals surface area contributed by atoms with Crippen molar-refractivity contribution in [3.8, 4) is 0 Å². The second-order valence-electron chi connectivity index (χ2n) is 9.26. The summed E-state index contributed by atoms with van der Waals surface area (Å²) in [6, 6.07) is 10.5. The van der Waals surface area contributed by atoms with Gasteiger partial charge in [-0.25, -0.2) is 4.79 Å². The molecule has 1 aliphatic heterocycles. The minimum absolute atomic E-state index is 0.0863. The molecule has 2 aromatic rings. The summed E-state index contributed by atoms with van der Waals surface area (Å²) in [6.45, 7) is 4.04. The molecule has 186 valence electrons. The molecule has 0 saturated heterocycles. The summed E-state index contributed by atoms with van der Waals surface area (Å²) in [7, 11) is 0. The van der Waals surface area contributed by atoms with Gasteiger partial charge in [0, 0.05) is 31.3 Å². The molecule has 8 nitrogen and oxygen atoms in total. The van der Waals surface area contributed by atoms with Crippen molar-refractivity contribution >= 4 is 23.6 Å². The summed E-state index contributed by atoms with van der Waals surface area (Å²) in [6.07, 6.45) is 5.06. The van der Waals surface area contributed by atoms with E-state index in [-0.39, 0.29) is 24.7 Å². The second-order valence-corrected chi connectivity index (χ2v) is 9.26. The Balaban J connectivity index is 1.63. The molecule has 1 aliphatic rings. The number of carbonyl (C=O) groups is 4. The maximum Gasteiger partial charge on any atom is 0.408 e. The van der Waals surface area contributed by atoms with Crippen molar-refractivity contribution < 1.29 is 23.9 Å². The zero-order chi connectivity index (χ0) is 25.2. The molecule has 0 radical (unpaired) electrons. The Labute approximate surface area is 205 Å². The number of Topliss-reactive ketones (excluding diaryl/α,β-unsaturated/α-hetero) is 2. The van der Waals surface area contributed by atoms with E-state index in [1.165, 1.54) is 0 Å². The van der Waals surface area contributed by atoms with E-state index < -0.39 is 29.7 Å². The molecular weight excluding hydrogens is 446 g/mol. The lowest BCUT2D eigenvalue weighted by Crippen LogP contribution is -2.46. The van der Waals surface area contributed by atoms with Crippen LogP contribution in [0.3, 0.4) is 0 Å². The van der Waals surface area contributed by atoms with E-state index in [9.17, 15) is 19.2 Å². The van der Waals surface area contributed by atoms with Gasteiger partial charge in [0.1, 0.15) is 6.61 Å². The fourth-order valence-electron chi connectivity index (χ4n) is 4.17. The fraction of sp³-hybridized carbons (Fsp3) is 0.444. The van der Waals surface area contributed by atoms with Crippen LogP contribution in [0.5, 0.6) is 0 Å². The maximum atomic E-state index is 13.2. The Morgan fingerprint density at radius 3 is 2.54 bits per heavy atom. The summed E-state index contributed by atoms with van der Waals surface area (Å²) in [5.41, 5.74) is 2.91. The summed E-state index contributed by atoms with van der Waals surface area (Å²) < 4.78 is 5.26. The topological polar surface area (TPSA) is 114 Å². The van der Waals surface area contributed by atoms with Crippen LogP contribution in [-0.4, -0.2) is 41.1 Å². The van der Waals surface area contributed by atoms with Gasteiger partial charge in [-0.2, -0.15) is 0 Å². The number of pyridine rings is 1. The Morgan fingerprint density at radius 1 is 1.11 bits per heavy atom. The molecule has 0 spiro atoms. The van der Waals surface area contributed by atoms with Crippen molar-refractivity contribution in [3.63, 3.8) is 0 Å². The zero-order valence-corrected chi connectivity index (χ0v) is 20.3. The molecule has 2 N–H and O–H groups in total. The number of rotatable bonds is 7. The van der Waals surface area contributed by atoms with Crippen molar-refractivity contribution in [3.05, 3.63) is 65.5 Å². The number of nitrogens with one attached hydrogen (secondary N) is 2. The van der Waals surface area contributed by atoms with E-state index in [0.717, 1.165) is 16.7 Å². The predicted octanol–water partition coefficient (Wildman–Crippen LogP) is 3.17. The number of hydrogen-bond donors (Lipinski definition) is 2. The van der Waals surface area contributed by atoms with E-state index in [2.05, 4.69) is 21.7 Å². The van der Waals surface area contributed by atoms with Crippen LogP contribution in [0, 0.1) is 11.8 Å². The maximum absolute atomic E-state index is 13.2. The van der Waals surface area contributed by atoms with Gasteiger partial charge in [0.2, 0.25) is 5.78 Å². The number of ether oxygens (including phenoxy) is 1.